The molecule has 1 amide bonds. The van der Waals surface area contributed by atoms with E-state index in [0.29, 0.717) is 29.0 Å². The van der Waals surface area contributed by atoms with Crippen LogP contribution in [0.25, 0.3) is 17.1 Å². The monoisotopic (exact) mass is 465 g/mol. The number of pyridine rings is 1. The molecule has 1 aliphatic heterocycles. The maximum atomic E-state index is 13.5. The lowest BCUT2D eigenvalue weighted by atomic mass is 9.99. The molecule has 11 nitrogen and oxygen atoms in total. The molecule has 1 atom stereocenters. The van der Waals surface area contributed by atoms with Crippen LogP contribution in [0.2, 0.25) is 0 Å². The molecule has 0 fully saturated rings. The zero-order valence-electron chi connectivity index (χ0n) is 17.8. The third kappa shape index (κ3) is 3.16. The lowest BCUT2D eigenvalue weighted by molar-refractivity contribution is 0.0566. The van der Waals surface area contributed by atoms with Crippen molar-refractivity contribution in [3.63, 3.8) is 0 Å². The van der Waals surface area contributed by atoms with Crippen LogP contribution in [0.4, 0.5) is 8.78 Å². The van der Waals surface area contributed by atoms with E-state index in [-0.39, 0.29) is 17.5 Å². The highest BCUT2D eigenvalue weighted by Gasteiger charge is 2.38. The first kappa shape index (κ1) is 20.2. The Bertz CT molecular complexity index is 1520. The molecule has 0 saturated heterocycles. The Hall–Kier alpha value is -4.42. The average molecular weight is 465 g/mol. The second kappa shape index (κ2) is 7.57. The summed E-state index contributed by atoms with van der Waals surface area (Å²) in [5.41, 5.74) is 4.14. The zero-order valence-corrected chi connectivity index (χ0v) is 17.8. The molecular formula is C21H17F2N9O2. The number of aryl methyl sites for hydroxylation is 1. The van der Waals surface area contributed by atoms with Gasteiger partial charge < -0.3 is 14.3 Å². The SMILES string of the molecule is Cc1cccc2cc([C@H]3c4nc[nH]c4CCN3C(=O)c3nnc(-c4ccn(C(F)F)n4)o3)nn12. The number of aromatic amines is 1. The van der Waals surface area contributed by atoms with Crippen molar-refractivity contribution >= 4 is 11.4 Å². The fraction of sp³-hybridized carbons (Fsp3) is 0.238. The molecule has 1 N–H and O–H groups in total. The van der Waals surface area contributed by atoms with Gasteiger partial charge >= 0.3 is 18.3 Å². The minimum atomic E-state index is -2.80. The highest BCUT2D eigenvalue weighted by Crippen LogP contribution is 2.34. The number of aromatic nitrogens is 8. The normalized spacial score (nSPS) is 15.9. The third-order valence-corrected chi connectivity index (χ3v) is 5.80. The summed E-state index contributed by atoms with van der Waals surface area (Å²) < 4.78 is 33.5. The first-order valence-corrected chi connectivity index (χ1v) is 10.4. The number of alkyl halides is 2. The highest BCUT2D eigenvalue weighted by atomic mass is 19.3. The molecule has 0 radical (unpaired) electrons. The predicted molar refractivity (Wildman–Crippen MR) is 112 cm³/mol. The fourth-order valence-electron chi connectivity index (χ4n) is 4.20. The maximum absolute atomic E-state index is 13.5. The Morgan fingerprint density at radius 1 is 1.24 bits per heavy atom. The van der Waals surface area contributed by atoms with E-state index >= 15 is 0 Å². The van der Waals surface area contributed by atoms with Crippen LogP contribution in [0, 0.1) is 6.92 Å². The summed E-state index contributed by atoms with van der Waals surface area (Å²) in [6.45, 7) is -0.490. The molecule has 0 bridgehead atoms. The van der Waals surface area contributed by atoms with Crippen LogP contribution >= 0.6 is 0 Å². The molecule has 13 heteroatoms. The molecule has 0 aromatic carbocycles. The van der Waals surface area contributed by atoms with Gasteiger partial charge in [0.1, 0.15) is 11.7 Å². The Labute approximate surface area is 190 Å². The number of carbonyl (C=O) groups excluding carboxylic acids is 1. The summed E-state index contributed by atoms with van der Waals surface area (Å²) in [6.07, 6.45) is 3.25. The minimum absolute atomic E-state index is 0.0486. The minimum Gasteiger partial charge on any atom is -0.411 e. The first-order chi connectivity index (χ1) is 16.5. The van der Waals surface area contributed by atoms with Gasteiger partial charge in [-0.05, 0) is 31.2 Å². The topological polar surface area (TPSA) is 123 Å². The number of halogens is 2. The lowest BCUT2D eigenvalue weighted by Gasteiger charge is -2.32. The van der Waals surface area contributed by atoms with Crippen LogP contribution in [0.5, 0.6) is 0 Å². The standard InChI is InChI=1S/C21H17F2N9O2/c1-11-3-2-4-12-9-15(29-32(11)12)17-16-13(24-10-25-16)5-7-30(17)20(33)19-27-26-18(34-19)14-6-8-31(28-14)21(22)23/h2-4,6,8-10,17,21H,5,7H2,1H3,(H,24,25)/t17-/m0/s1. The van der Waals surface area contributed by atoms with Crippen LogP contribution in [-0.4, -0.2) is 56.9 Å². The molecule has 6 rings (SSSR count). The smallest absolute Gasteiger partial charge is 0.333 e. The summed E-state index contributed by atoms with van der Waals surface area (Å²) in [5, 5.41) is 16.1. The number of hydrogen-bond acceptors (Lipinski definition) is 7. The molecule has 0 unspecified atom stereocenters. The van der Waals surface area contributed by atoms with Gasteiger partial charge in [0.05, 0.1) is 23.2 Å². The van der Waals surface area contributed by atoms with Gasteiger partial charge in [0, 0.05) is 30.6 Å². The van der Waals surface area contributed by atoms with Gasteiger partial charge in [-0.2, -0.15) is 19.0 Å². The van der Waals surface area contributed by atoms with Crippen LogP contribution in [-0.2, 0) is 6.42 Å². The van der Waals surface area contributed by atoms with Crippen LogP contribution in [0.3, 0.4) is 0 Å². The van der Waals surface area contributed by atoms with Gasteiger partial charge in [-0.3, -0.25) is 4.79 Å². The number of rotatable bonds is 4. The van der Waals surface area contributed by atoms with E-state index in [1.807, 2.05) is 35.7 Å². The van der Waals surface area contributed by atoms with E-state index in [2.05, 4.69) is 25.3 Å². The van der Waals surface area contributed by atoms with Crippen molar-refractivity contribution in [2.75, 3.05) is 6.54 Å². The molecule has 0 spiro atoms. The van der Waals surface area contributed by atoms with E-state index in [4.69, 9.17) is 9.52 Å². The largest absolute Gasteiger partial charge is 0.411 e. The van der Waals surface area contributed by atoms with Crippen molar-refractivity contribution in [2.45, 2.75) is 25.9 Å². The molecule has 5 aromatic heterocycles. The fourth-order valence-corrected chi connectivity index (χ4v) is 4.20. The summed E-state index contributed by atoms with van der Waals surface area (Å²) >= 11 is 0. The number of H-pyrrole nitrogens is 1. The first-order valence-electron chi connectivity index (χ1n) is 10.4. The van der Waals surface area contributed by atoms with E-state index in [1.165, 1.54) is 6.07 Å². The highest BCUT2D eigenvalue weighted by molar-refractivity contribution is 5.90. The van der Waals surface area contributed by atoms with E-state index in [0.717, 1.165) is 23.1 Å². The number of imidazole rings is 1. The molecular weight excluding hydrogens is 448 g/mol. The average Bonchev–Trinajstić information content (AvgIpc) is 3.62. The molecule has 5 aromatic rings. The number of carbonyl (C=O) groups is 1. The quantitative estimate of drug-likeness (QED) is 0.433. The van der Waals surface area contributed by atoms with Crippen molar-refractivity contribution < 1.29 is 18.0 Å². The molecule has 0 aliphatic carbocycles. The Balaban J connectivity index is 1.37. The Morgan fingerprint density at radius 3 is 2.91 bits per heavy atom. The zero-order chi connectivity index (χ0) is 23.4. The second-order valence-electron chi connectivity index (χ2n) is 7.86. The second-order valence-corrected chi connectivity index (χ2v) is 7.86. The summed E-state index contributed by atoms with van der Waals surface area (Å²) in [7, 11) is 0. The van der Waals surface area contributed by atoms with Crippen LogP contribution in [0.15, 0.2) is 47.3 Å². The maximum Gasteiger partial charge on any atom is 0.333 e. The number of hydrogen-bond donors (Lipinski definition) is 1. The van der Waals surface area contributed by atoms with Crippen molar-refractivity contribution in [2.24, 2.45) is 0 Å². The summed E-state index contributed by atoms with van der Waals surface area (Å²) in [4.78, 5) is 22.6. The Kier molecular flexibility index (Phi) is 4.50. The van der Waals surface area contributed by atoms with Gasteiger partial charge in [-0.15, -0.1) is 10.2 Å². The molecule has 0 saturated carbocycles. The number of fused-ring (bicyclic) bond motifs is 2. The van der Waals surface area contributed by atoms with Crippen LogP contribution < -0.4 is 0 Å². The van der Waals surface area contributed by atoms with Crippen molar-refractivity contribution in [3.05, 3.63) is 71.5 Å². The van der Waals surface area contributed by atoms with Gasteiger partial charge in [0.15, 0.2) is 0 Å². The molecule has 6 heterocycles. The van der Waals surface area contributed by atoms with Gasteiger partial charge in [-0.25, -0.2) is 14.2 Å². The van der Waals surface area contributed by atoms with Gasteiger partial charge in [0.25, 0.3) is 5.89 Å². The number of nitrogens with zero attached hydrogens (tertiary/aromatic N) is 8. The predicted octanol–water partition coefficient (Wildman–Crippen LogP) is 2.80. The van der Waals surface area contributed by atoms with Gasteiger partial charge in [-0.1, -0.05) is 6.07 Å². The molecule has 172 valence electrons. The van der Waals surface area contributed by atoms with E-state index in [9.17, 15) is 13.6 Å². The lowest BCUT2D eigenvalue weighted by Crippen LogP contribution is -2.41. The Morgan fingerprint density at radius 2 is 2.12 bits per heavy atom. The third-order valence-electron chi connectivity index (χ3n) is 5.80. The molecule has 34 heavy (non-hydrogen) atoms. The van der Waals surface area contributed by atoms with Gasteiger partial charge in [0.2, 0.25) is 0 Å². The van der Waals surface area contributed by atoms with E-state index < -0.39 is 18.5 Å². The van der Waals surface area contributed by atoms with Crippen molar-refractivity contribution in [1.82, 2.24) is 44.5 Å². The molecule has 1 aliphatic rings. The van der Waals surface area contributed by atoms with E-state index in [1.54, 1.807) is 11.2 Å². The van der Waals surface area contributed by atoms with Crippen molar-refractivity contribution in [3.8, 4) is 11.6 Å². The van der Waals surface area contributed by atoms with Crippen LogP contribution in [0.1, 0.15) is 46.1 Å². The summed E-state index contributed by atoms with van der Waals surface area (Å²) in [6, 6.07) is 8.48. The summed E-state index contributed by atoms with van der Waals surface area (Å²) in [5.74, 6) is -0.912. The van der Waals surface area contributed by atoms with Crippen molar-refractivity contribution in [1.29, 1.82) is 0 Å². The number of nitrogens with one attached hydrogen (secondary N) is 1. The number of amides is 1.